The van der Waals surface area contributed by atoms with Crippen molar-refractivity contribution in [3.8, 4) is 5.75 Å². The Labute approximate surface area is 117 Å². The van der Waals surface area contributed by atoms with Crippen LogP contribution in [0.15, 0.2) is 48.5 Å². The average Bonchev–Trinajstić information content (AvgIpc) is 2.45. The number of nitrogens with two attached hydrogens (primary N) is 1. The minimum absolute atomic E-state index is 0.110. The van der Waals surface area contributed by atoms with Crippen molar-refractivity contribution in [2.45, 2.75) is 13.1 Å². The van der Waals surface area contributed by atoms with Crippen LogP contribution >= 0.6 is 0 Å². The molecule has 2 aromatic rings. The Kier molecular flexibility index (Phi) is 4.57. The Bertz CT molecular complexity index is 599. The minimum atomic E-state index is -0.325. The molecule has 104 valence electrons. The van der Waals surface area contributed by atoms with Crippen molar-refractivity contribution in [2.24, 2.45) is 5.73 Å². The van der Waals surface area contributed by atoms with Crippen LogP contribution in [0.5, 0.6) is 5.75 Å². The highest BCUT2D eigenvalue weighted by Gasteiger charge is 2.02. The lowest BCUT2D eigenvalue weighted by atomic mass is 10.1. The molecule has 0 bridgehead atoms. The van der Waals surface area contributed by atoms with Crippen LogP contribution in [-0.4, -0.2) is 11.1 Å². The minimum Gasteiger partial charge on any atom is -0.508 e. The van der Waals surface area contributed by atoms with E-state index >= 15 is 0 Å². The second kappa shape index (κ2) is 6.58. The summed E-state index contributed by atoms with van der Waals surface area (Å²) in [5.74, 6) is 0.110. The van der Waals surface area contributed by atoms with Crippen LogP contribution in [-0.2, 0) is 13.1 Å². The Morgan fingerprint density at radius 3 is 2.60 bits per heavy atom. The molecule has 0 heterocycles. The number of hydrogen-bond donors (Lipinski definition) is 4. The summed E-state index contributed by atoms with van der Waals surface area (Å²) in [6.45, 7) is 0.891. The predicted octanol–water partition coefficient (Wildman–Crippen LogP) is 2.17. The van der Waals surface area contributed by atoms with E-state index in [4.69, 9.17) is 5.73 Å². The van der Waals surface area contributed by atoms with Gasteiger partial charge >= 0.3 is 6.03 Å². The summed E-state index contributed by atoms with van der Waals surface area (Å²) in [4.78, 5) is 11.7. The van der Waals surface area contributed by atoms with Gasteiger partial charge in [0, 0.05) is 24.8 Å². The SMILES string of the molecule is NCc1cccc(CNC(=O)Nc2cccc(O)c2)c1. The highest BCUT2D eigenvalue weighted by molar-refractivity contribution is 5.89. The lowest BCUT2D eigenvalue weighted by molar-refractivity contribution is 0.251. The van der Waals surface area contributed by atoms with Gasteiger partial charge in [-0.25, -0.2) is 4.79 Å². The molecule has 5 nitrogen and oxygen atoms in total. The monoisotopic (exact) mass is 271 g/mol. The van der Waals surface area contributed by atoms with Crippen LogP contribution in [0.2, 0.25) is 0 Å². The molecule has 0 saturated heterocycles. The summed E-state index contributed by atoms with van der Waals surface area (Å²) in [5, 5.41) is 14.7. The van der Waals surface area contributed by atoms with Gasteiger partial charge in [0.25, 0.3) is 0 Å². The summed E-state index contributed by atoms with van der Waals surface area (Å²) in [6.07, 6.45) is 0. The predicted molar refractivity (Wildman–Crippen MR) is 78.3 cm³/mol. The Morgan fingerprint density at radius 1 is 1.10 bits per heavy atom. The van der Waals surface area contributed by atoms with Crippen LogP contribution < -0.4 is 16.4 Å². The number of rotatable bonds is 4. The van der Waals surface area contributed by atoms with Crippen molar-refractivity contribution in [1.82, 2.24) is 5.32 Å². The van der Waals surface area contributed by atoms with E-state index in [9.17, 15) is 9.90 Å². The van der Waals surface area contributed by atoms with E-state index in [0.29, 0.717) is 18.8 Å². The molecule has 0 atom stereocenters. The standard InChI is InChI=1S/C15H17N3O2/c16-9-11-3-1-4-12(7-11)10-17-15(20)18-13-5-2-6-14(19)8-13/h1-8,19H,9-10,16H2,(H2,17,18,20). The van der Waals surface area contributed by atoms with Crippen LogP contribution in [0.1, 0.15) is 11.1 Å². The van der Waals surface area contributed by atoms with Crippen molar-refractivity contribution in [3.05, 3.63) is 59.7 Å². The number of amides is 2. The topological polar surface area (TPSA) is 87.4 Å². The van der Waals surface area contributed by atoms with Gasteiger partial charge in [0.1, 0.15) is 5.75 Å². The van der Waals surface area contributed by atoms with Gasteiger partial charge in [-0.3, -0.25) is 0 Å². The van der Waals surface area contributed by atoms with Crippen LogP contribution in [0, 0.1) is 0 Å². The maximum atomic E-state index is 11.7. The fraction of sp³-hybridized carbons (Fsp3) is 0.133. The molecular weight excluding hydrogens is 254 g/mol. The molecule has 2 amide bonds. The number of phenolic OH excluding ortho intramolecular Hbond substituents is 1. The first kappa shape index (κ1) is 13.9. The maximum Gasteiger partial charge on any atom is 0.319 e. The van der Waals surface area contributed by atoms with Gasteiger partial charge in [0.2, 0.25) is 0 Å². The number of benzene rings is 2. The maximum absolute atomic E-state index is 11.7. The van der Waals surface area contributed by atoms with E-state index in [1.807, 2.05) is 24.3 Å². The molecule has 20 heavy (non-hydrogen) atoms. The Morgan fingerprint density at radius 2 is 1.85 bits per heavy atom. The van der Waals surface area contributed by atoms with E-state index in [2.05, 4.69) is 10.6 Å². The number of hydrogen-bond acceptors (Lipinski definition) is 3. The average molecular weight is 271 g/mol. The third-order valence-corrected chi connectivity index (χ3v) is 2.78. The van der Waals surface area contributed by atoms with Gasteiger partial charge in [-0.1, -0.05) is 30.3 Å². The summed E-state index contributed by atoms with van der Waals surface area (Å²) in [6, 6.07) is 13.8. The van der Waals surface area contributed by atoms with Gasteiger partial charge in [-0.15, -0.1) is 0 Å². The molecule has 0 aliphatic heterocycles. The largest absolute Gasteiger partial charge is 0.508 e. The van der Waals surface area contributed by atoms with Gasteiger partial charge in [0.15, 0.2) is 0 Å². The van der Waals surface area contributed by atoms with E-state index in [0.717, 1.165) is 11.1 Å². The van der Waals surface area contributed by atoms with Crippen molar-refractivity contribution in [1.29, 1.82) is 0 Å². The number of phenols is 1. The fourth-order valence-electron chi connectivity index (χ4n) is 1.81. The van der Waals surface area contributed by atoms with Crippen molar-refractivity contribution in [2.75, 3.05) is 5.32 Å². The van der Waals surface area contributed by atoms with E-state index in [-0.39, 0.29) is 11.8 Å². The summed E-state index contributed by atoms with van der Waals surface area (Å²) in [7, 11) is 0. The summed E-state index contributed by atoms with van der Waals surface area (Å²) < 4.78 is 0. The summed E-state index contributed by atoms with van der Waals surface area (Å²) >= 11 is 0. The number of carbonyl (C=O) groups excluding carboxylic acids is 1. The zero-order chi connectivity index (χ0) is 14.4. The fourth-order valence-corrected chi connectivity index (χ4v) is 1.81. The normalized spacial score (nSPS) is 10.1. The first-order chi connectivity index (χ1) is 9.67. The first-order valence-electron chi connectivity index (χ1n) is 6.29. The van der Waals surface area contributed by atoms with E-state index in [1.165, 1.54) is 6.07 Å². The summed E-state index contributed by atoms with van der Waals surface area (Å²) in [5.41, 5.74) is 8.12. The molecular formula is C15H17N3O2. The van der Waals surface area contributed by atoms with Gasteiger partial charge in [-0.2, -0.15) is 0 Å². The number of aromatic hydroxyl groups is 1. The van der Waals surface area contributed by atoms with Gasteiger partial charge in [-0.05, 0) is 23.3 Å². The molecule has 2 rings (SSSR count). The van der Waals surface area contributed by atoms with Crippen LogP contribution in [0.4, 0.5) is 10.5 Å². The smallest absolute Gasteiger partial charge is 0.319 e. The van der Waals surface area contributed by atoms with Gasteiger partial charge < -0.3 is 21.5 Å². The molecule has 0 fully saturated rings. The van der Waals surface area contributed by atoms with Crippen molar-refractivity contribution in [3.63, 3.8) is 0 Å². The molecule has 0 unspecified atom stereocenters. The molecule has 2 aromatic carbocycles. The molecule has 0 radical (unpaired) electrons. The molecule has 0 saturated carbocycles. The van der Waals surface area contributed by atoms with E-state index in [1.54, 1.807) is 18.2 Å². The molecule has 5 N–H and O–H groups in total. The number of anilines is 1. The molecule has 0 aromatic heterocycles. The van der Waals surface area contributed by atoms with Crippen molar-refractivity contribution >= 4 is 11.7 Å². The lowest BCUT2D eigenvalue weighted by Gasteiger charge is -2.08. The molecule has 0 aliphatic carbocycles. The lowest BCUT2D eigenvalue weighted by Crippen LogP contribution is -2.28. The molecule has 5 heteroatoms. The third kappa shape index (κ3) is 4.00. The molecule has 0 spiro atoms. The quantitative estimate of drug-likeness (QED) is 0.687. The number of nitrogens with one attached hydrogen (secondary N) is 2. The van der Waals surface area contributed by atoms with Gasteiger partial charge in [0.05, 0.1) is 0 Å². The zero-order valence-electron chi connectivity index (χ0n) is 11.0. The third-order valence-electron chi connectivity index (χ3n) is 2.78. The molecule has 0 aliphatic rings. The van der Waals surface area contributed by atoms with E-state index < -0.39 is 0 Å². The Balaban J connectivity index is 1.88. The highest BCUT2D eigenvalue weighted by atomic mass is 16.3. The first-order valence-corrected chi connectivity index (χ1v) is 6.29. The van der Waals surface area contributed by atoms with Crippen LogP contribution in [0.3, 0.4) is 0 Å². The second-order valence-electron chi connectivity index (χ2n) is 4.38. The number of carbonyl (C=O) groups is 1. The van der Waals surface area contributed by atoms with Crippen LogP contribution in [0.25, 0.3) is 0 Å². The second-order valence-corrected chi connectivity index (χ2v) is 4.38. The zero-order valence-corrected chi connectivity index (χ0v) is 11.0. The number of urea groups is 1. The van der Waals surface area contributed by atoms with Crippen molar-refractivity contribution < 1.29 is 9.90 Å². The highest BCUT2D eigenvalue weighted by Crippen LogP contribution is 2.15. The Hall–Kier alpha value is -2.53.